The highest BCUT2D eigenvalue weighted by atomic mass is 31.2. The summed E-state index contributed by atoms with van der Waals surface area (Å²) in [7, 11) is -3.93. The van der Waals surface area contributed by atoms with E-state index in [0.717, 1.165) is 15.7 Å². The summed E-state index contributed by atoms with van der Waals surface area (Å²) >= 11 is 0. The number of nitrogens with zero attached hydrogens (tertiary/aromatic N) is 2. The molecule has 2 fully saturated rings. The van der Waals surface area contributed by atoms with Crippen molar-refractivity contribution in [1.82, 2.24) is 9.55 Å². The molecule has 4 rings (SSSR count). The van der Waals surface area contributed by atoms with Crippen LogP contribution >= 0.6 is 7.82 Å². The molecule has 0 amide bonds. The second-order valence-electron chi connectivity index (χ2n) is 7.46. The van der Waals surface area contributed by atoms with Crippen LogP contribution in [0.5, 0.6) is 0 Å². The van der Waals surface area contributed by atoms with Crippen molar-refractivity contribution < 1.29 is 33.1 Å². The molecule has 2 aliphatic heterocycles. The van der Waals surface area contributed by atoms with Crippen LogP contribution in [0.25, 0.3) is 0 Å². The smallest absolute Gasteiger partial charge is 0.387 e. The highest BCUT2D eigenvalue weighted by Crippen LogP contribution is 2.57. The lowest BCUT2D eigenvalue weighted by Crippen LogP contribution is -2.36. The third-order valence-corrected chi connectivity index (χ3v) is 6.64. The molecule has 2 aromatic rings. The summed E-state index contributed by atoms with van der Waals surface area (Å²) in [5.41, 5.74) is 6.62. The number of nitrogen functional groups attached to an aromatic ring is 1. The van der Waals surface area contributed by atoms with Crippen molar-refractivity contribution in [1.29, 1.82) is 0 Å². The summed E-state index contributed by atoms with van der Waals surface area (Å²) in [5.74, 6) is 0.0158. The molecule has 3 heterocycles. The van der Waals surface area contributed by atoms with Crippen LogP contribution in [0.15, 0.2) is 41.3 Å². The van der Waals surface area contributed by atoms with E-state index >= 15 is 0 Å². The van der Waals surface area contributed by atoms with Crippen LogP contribution in [0.1, 0.15) is 29.9 Å². The van der Waals surface area contributed by atoms with Gasteiger partial charge >= 0.3 is 13.5 Å². The predicted molar refractivity (Wildman–Crippen MR) is 108 cm³/mol. The Kier molecular flexibility index (Phi) is 6.27. The molecule has 12 heteroatoms. The van der Waals surface area contributed by atoms with Crippen molar-refractivity contribution in [3.05, 3.63) is 58.1 Å². The van der Waals surface area contributed by atoms with Gasteiger partial charge in [-0.2, -0.15) is 4.98 Å². The number of anilines is 1. The molecule has 11 nitrogen and oxygen atoms in total. The number of benzene rings is 1. The van der Waals surface area contributed by atoms with Crippen molar-refractivity contribution in [2.75, 3.05) is 18.9 Å². The Balaban J connectivity index is 1.42. The molecular weight excluding hydrogens is 429 g/mol. The van der Waals surface area contributed by atoms with Gasteiger partial charge in [0, 0.05) is 12.6 Å². The molecule has 0 radical (unpaired) electrons. The number of ether oxygens (including phenoxy) is 1. The average molecular weight is 453 g/mol. The largest absolute Gasteiger partial charge is 0.475 e. The Morgan fingerprint density at radius 3 is 2.87 bits per heavy atom. The molecule has 1 aromatic carbocycles. The lowest BCUT2D eigenvalue weighted by molar-refractivity contribution is -0.0609. The molecule has 2 aliphatic rings. The number of hydrogen-bond donors (Lipinski definition) is 3. The zero-order chi connectivity index (χ0) is 22.2. The number of phosphoric acid groups is 1. The van der Waals surface area contributed by atoms with Gasteiger partial charge in [-0.1, -0.05) is 29.8 Å². The van der Waals surface area contributed by atoms with Gasteiger partial charge in [0.1, 0.15) is 24.1 Å². The summed E-state index contributed by atoms with van der Waals surface area (Å²) in [6.45, 7) is 1.73. The minimum Gasteiger partial charge on any atom is -0.387 e. The van der Waals surface area contributed by atoms with Crippen LogP contribution in [0.3, 0.4) is 0 Å². The fraction of sp³-hybridized carbons (Fsp3) is 0.474. The van der Waals surface area contributed by atoms with Crippen LogP contribution in [-0.2, 0) is 22.9 Å². The Hall–Kier alpha value is -2.11. The van der Waals surface area contributed by atoms with Gasteiger partial charge < -0.3 is 20.7 Å². The van der Waals surface area contributed by atoms with Gasteiger partial charge in [0.05, 0.1) is 19.3 Å². The minimum atomic E-state index is -3.93. The second-order valence-corrected chi connectivity index (χ2v) is 9.08. The molecule has 0 aliphatic carbocycles. The standard InChI is InChI=1S/C19H24N3O8P/c1-11-3-2-4-12(9-11)13-6-8-27-31(26,30-13)28-10-14-16(23)17(24)18(29-14)22-7-5-15(20)21-19(22)25/h2-5,7,9,13-14,16-18,23-24H,6,8,10H2,1H3,(H2,20,21,25)/t13-,14+,16+,17-,18+,31+/m0/s1. The first kappa shape index (κ1) is 22.1. The van der Waals surface area contributed by atoms with Crippen molar-refractivity contribution in [2.24, 2.45) is 0 Å². The quantitative estimate of drug-likeness (QED) is 0.560. The fourth-order valence-corrected chi connectivity index (χ4v) is 4.95. The Bertz CT molecular complexity index is 1050. The van der Waals surface area contributed by atoms with E-state index in [1.165, 1.54) is 12.3 Å². The number of hydrogen-bond acceptors (Lipinski definition) is 10. The van der Waals surface area contributed by atoms with Crippen LogP contribution in [0, 0.1) is 6.92 Å². The maximum Gasteiger partial charge on any atom is 0.475 e. The molecule has 168 valence electrons. The van der Waals surface area contributed by atoms with E-state index in [4.69, 9.17) is 24.0 Å². The Morgan fingerprint density at radius 2 is 2.13 bits per heavy atom. The third-order valence-electron chi connectivity index (χ3n) is 5.16. The zero-order valence-electron chi connectivity index (χ0n) is 16.7. The number of aliphatic hydroxyl groups excluding tert-OH is 2. The zero-order valence-corrected chi connectivity index (χ0v) is 17.6. The van der Waals surface area contributed by atoms with Crippen molar-refractivity contribution >= 4 is 13.6 Å². The highest BCUT2D eigenvalue weighted by Gasteiger charge is 2.46. The maximum absolute atomic E-state index is 12.9. The molecule has 0 bridgehead atoms. The molecule has 0 spiro atoms. The summed E-state index contributed by atoms with van der Waals surface area (Å²) in [5, 5.41) is 20.6. The second kappa shape index (κ2) is 8.79. The summed E-state index contributed by atoms with van der Waals surface area (Å²) < 4.78 is 35.8. The van der Waals surface area contributed by atoms with E-state index in [-0.39, 0.29) is 19.0 Å². The van der Waals surface area contributed by atoms with Gasteiger partial charge in [-0.3, -0.25) is 18.1 Å². The SMILES string of the molecule is Cc1cccc([C@@H]2CCO[P@](=O)(OC[C@H]3O[C@@H](n4ccc(N)nc4=O)[C@@H](O)[C@@H]3O)O2)c1. The maximum atomic E-state index is 12.9. The van der Waals surface area contributed by atoms with Crippen LogP contribution < -0.4 is 11.4 Å². The summed E-state index contributed by atoms with van der Waals surface area (Å²) in [6.07, 6.45) is -3.79. The van der Waals surface area contributed by atoms with Crippen molar-refractivity contribution in [3.8, 4) is 0 Å². The van der Waals surface area contributed by atoms with E-state index in [9.17, 15) is 19.6 Å². The molecule has 1 aromatic heterocycles. The minimum absolute atomic E-state index is 0.0158. The van der Waals surface area contributed by atoms with Gasteiger partial charge in [-0.25, -0.2) is 9.36 Å². The van der Waals surface area contributed by atoms with Crippen LogP contribution in [-0.4, -0.2) is 51.3 Å². The number of aryl methyl sites for hydroxylation is 1. The molecule has 2 saturated heterocycles. The first-order chi connectivity index (χ1) is 14.8. The molecule has 4 N–H and O–H groups in total. The Morgan fingerprint density at radius 1 is 1.32 bits per heavy atom. The van der Waals surface area contributed by atoms with Gasteiger partial charge in [0.15, 0.2) is 6.23 Å². The van der Waals surface area contributed by atoms with Crippen LogP contribution in [0.2, 0.25) is 0 Å². The van der Waals surface area contributed by atoms with Gasteiger partial charge in [-0.05, 0) is 18.6 Å². The average Bonchev–Trinajstić information content (AvgIpc) is 3.01. The van der Waals surface area contributed by atoms with Crippen LogP contribution in [0.4, 0.5) is 5.82 Å². The summed E-state index contributed by atoms with van der Waals surface area (Å²) in [6, 6.07) is 9.00. The first-order valence-corrected chi connectivity index (χ1v) is 11.2. The first-order valence-electron chi connectivity index (χ1n) is 9.76. The topological polar surface area (TPSA) is 155 Å². The molecule has 6 atom stereocenters. The molecular formula is C19H24N3O8P. The predicted octanol–water partition coefficient (Wildman–Crippen LogP) is 1.06. The van der Waals surface area contributed by atoms with Gasteiger partial charge in [0.2, 0.25) is 0 Å². The monoisotopic (exact) mass is 453 g/mol. The van der Waals surface area contributed by atoms with E-state index in [0.29, 0.717) is 6.42 Å². The fourth-order valence-electron chi connectivity index (χ4n) is 3.56. The lowest BCUT2D eigenvalue weighted by atomic mass is 10.0. The highest BCUT2D eigenvalue weighted by molar-refractivity contribution is 7.48. The number of aliphatic hydroxyl groups is 2. The molecule has 0 saturated carbocycles. The lowest BCUT2D eigenvalue weighted by Gasteiger charge is -2.30. The normalized spacial score (nSPS) is 33.5. The number of phosphoric ester groups is 1. The van der Waals surface area contributed by atoms with E-state index in [1.54, 1.807) is 0 Å². The third kappa shape index (κ3) is 4.73. The van der Waals surface area contributed by atoms with E-state index in [1.807, 2.05) is 31.2 Å². The van der Waals surface area contributed by atoms with Gasteiger partial charge in [0.25, 0.3) is 0 Å². The van der Waals surface area contributed by atoms with E-state index in [2.05, 4.69) is 4.98 Å². The summed E-state index contributed by atoms with van der Waals surface area (Å²) in [4.78, 5) is 15.6. The van der Waals surface area contributed by atoms with Crippen molar-refractivity contribution in [3.63, 3.8) is 0 Å². The number of rotatable bonds is 5. The molecule has 31 heavy (non-hydrogen) atoms. The van der Waals surface area contributed by atoms with Crippen molar-refractivity contribution in [2.45, 2.75) is 44.0 Å². The Labute approximate surface area is 178 Å². The van der Waals surface area contributed by atoms with Gasteiger partial charge in [-0.15, -0.1) is 0 Å². The number of nitrogens with two attached hydrogens (primary N) is 1. The number of aromatic nitrogens is 2. The molecule has 0 unspecified atom stereocenters. The van der Waals surface area contributed by atoms with E-state index < -0.39 is 44.2 Å².